The van der Waals surface area contributed by atoms with E-state index in [-0.39, 0.29) is 45.7 Å². The average molecular weight is 319 g/mol. The van der Waals surface area contributed by atoms with E-state index in [4.69, 9.17) is 20.8 Å². The van der Waals surface area contributed by atoms with Crippen LogP contribution in [0.15, 0.2) is 39.5 Å². The van der Waals surface area contributed by atoms with Crippen molar-refractivity contribution < 1.29 is 19.1 Å². The van der Waals surface area contributed by atoms with Crippen molar-refractivity contribution in [3.05, 3.63) is 45.6 Å². The van der Waals surface area contributed by atoms with Gasteiger partial charge >= 0.3 is 0 Å². The van der Waals surface area contributed by atoms with E-state index in [2.05, 4.69) is 0 Å². The van der Waals surface area contributed by atoms with Crippen molar-refractivity contribution in [3.8, 4) is 11.5 Å². The largest absolute Gasteiger partial charge is 0.507 e. The number of carbonyl (C=O) groups is 1. The van der Waals surface area contributed by atoms with Crippen molar-refractivity contribution >= 4 is 39.3 Å². The summed E-state index contributed by atoms with van der Waals surface area (Å²) in [4.78, 5) is 23.4. The molecule has 3 rings (SSSR count). The Balaban J connectivity index is 2.26. The first-order valence-corrected chi connectivity index (χ1v) is 6.85. The second kappa shape index (κ2) is 5.35. The van der Waals surface area contributed by atoms with E-state index in [1.54, 1.807) is 12.1 Å². The third kappa shape index (κ3) is 2.51. The summed E-state index contributed by atoms with van der Waals surface area (Å²) in [6, 6.07) is 7.42. The zero-order valence-corrected chi connectivity index (χ0v) is 12.3. The summed E-state index contributed by atoms with van der Waals surface area (Å²) in [5.74, 6) is -0.183. The van der Waals surface area contributed by atoms with Gasteiger partial charge in [0.2, 0.25) is 5.43 Å². The van der Waals surface area contributed by atoms with Crippen molar-refractivity contribution in [1.82, 2.24) is 0 Å². The minimum atomic E-state index is -0.380. The molecule has 0 saturated carbocycles. The third-order valence-electron chi connectivity index (χ3n) is 3.13. The van der Waals surface area contributed by atoms with Crippen LogP contribution in [-0.2, 0) is 4.79 Å². The molecule has 0 spiro atoms. The van der Waals surface area contributed by atoms with Crippen LogP contribution in [0, 0.1) is 0 Å². The first kappa shape index (κ1) is 14.4. The van der Waals surface area contributed by atoms with E-state index in [0.717, 1.165) is 0 Å². The number of halogens is 1. The Morgan fingerprint density at radius 2 is 2.05 bits per heavy atom. The van der Waals surface area contributed by atoms with Crippen molar-refractivity contribution in [1.29, 1.82) is 0 Å². The minimum Gasteiger partial charge on any atom is -0.507 e. The second-order valence-corrected chi connectivity index (χ2v) is 5.31. The van der Waals surface area contributed by atoms with Crippen LogP contribution in [0.2, 0.25) is 5.02 Å². The van der Waals surface area contributed by atoms with Gasteiger partial charge in [-0.25, -0.2) is 0 Å². The van der Waals surface area contributed by atoms with Gasteiger partial charge in [-0.3, -0.25) is 9.59 Å². The Morgan fingerprint density at radius 1 is 1.27 bits per heavy atom. The van der Waals surface area contributed by atoms with E-state index >= 15 is 0 Å². The molecule has 3 aromatic rings. The zero-order valence-electron chi connectivity index (χ0n) is 11.6. The average Bonchev–Trinajstić information content (AvgIpc) is 2.45. The molecule has 1 N–H and O–H groups in total. The van der Waals surface area contributed by atoms with Crippen LogP contribution in [0.1, 0.15) is 6.92 Å². The number of fused-ring (bicyclic) bond motifs is 2. The molecule has 0 unspecified atom stereocenters. The number of aromatic hydroxyl groups is 1. The predicted molar refractivity (Wildman–Crippen MR) is 82.8 cm³/mol. The molecule has 0 aliphatic rings. The lowest BCUT2D eigenvalue weighted by Gasteiger charge is -2.08. The maximum Gasteiger partial charge on any atom is 0.204 e. The zero-order chi connectivity index (χ0) is 15.9. The topological polar surface area (TPSA) is 76.7 Å². The summed E-state index contributed by atoms with van der Waals surface area (Å²) in [7, 11) is 0. The van der Waals surface area contributed by atoms with Crippen LogP contribution in [0.4, 0.5) is 0 Å². The van der Waals surface area contributed by atoms with E-state index in [9.17, 15) is 14.7 Å². The van der Waals surface area contributed by atoms with Gasteiger partial charge in [-0.1, -0.05) is 11.6 Å². The van der Waals surface area contributed by atoms with Gasteiger partial charge in [-0.2, -0.15) is 0 Å². The van der Waals surface area contributed by atoms with Gasteiger partial charge < -0.3 is 14.3 Å². The van der Waals surface area contributed by atoms with Gasteiger partial charge in [0, 0.05) is 17.2 Å². The number of phenolic OH excluding ortho intramolecular Hbond substituents is 1. The first-order valence-electron chi connectivity index (χ1n) is 6.47. The van der Waals surface area contributed by atoms with Crippen molar-refractivity contribution in [2.75, 3.05) is 6.61 Å². The molecule has 0 radical (unpaired) electrons. The summed E-state index contributed by atoms with van der Waals surface area (Å²) >= 11 is 5.88. The number of Topliss-reactive ketones (excluding diaryl/α,β-unsaturated/α-hetero) is 1. The molecule has 0 bridgehead atoms. The lowest BCUT2D eigenvalue weighted by atomic mass is 10.1. The molecule has 1 aromatic heterocycles. The van der Waals surface area contributed by atoms with Crippen molar-refractivity contribution in [2.45, 2.75) is 6.92 Å². The minimum absolute atomic E-state index is 0.0462. The lowest BCUT2D eigenvalue weighted by Crippen LogP contribution is -2.07. The second-order valence-electron chi connectivity index (χ2n) is 4.88. The maximum atomic E-state index is 12.5. The van der Waals surface area contributed by atoms with Gasteiger partial charge in [-0.15, -0.1) is 0 Å². The highest BCUT2D eigenvalue weighted by Gasteiger charge is 2.14. The van der Waals surface area contributed by atoms with Gasteiger partial charge in [-0.05, 0) is 25.1 Å². The number of phenols is 1. The van der Waals surface area contributed by atoms with E-state index in [1.165, 1.54) is 25.1 Å². The fourth-order valence-electron chi connectivity index (χ4n) is 2.17. The number of rotatable bonds is 3. The quantitative estimate of drug-likeness (QED) is 0.750. The van der Waals surface area contributed by atoms with Gasteiger partial charge in [0.05, 0.1) is 5.39 Å². The number of ketones is 1. The monoisotopic (exact) mass is 318 g/mol. The highest BCUT2D eigenvalue weighted by atomic mass is 35.5. The van der Waals surface area contributed by atoms with E-state index in [1.807, 2.05) is 0 Å². The maximum absolute atomic E-state index is 12.5. The van der Waals surface area contributed by atoms with Crippen LogP contribution >= 0.6 is 11.6 Å². The van der Waals surface area contributed by atoms with Gasteiger partial charge in [0.1, 0.15) is 34.7 Å². The number of benzene rings is 2. The SMILES string of the molecule is CC(=O)COc1cc(O)c2c(=O)c3cc(Cl)ccc3oc2c1. The molecule has 112 valence electrons. The molecule has 0 atom stereocenters. The van der Waals surface area contributed by atoms with Crippen LogP contribution in [0.5, 0.6) is 11.5 Å². The number of hydrogen-bond acceptors (Lipinski definition) is 5. The molecule has 0 aliphatic carbocycles. The van der Waals surface area contributed by atoms with Gasteiger partial charge in [0.15, 0.2) is 5.78 Å². The molecule has 1 heterocycles. The highest BCUT2D eigenvalue weighted by Crippen LogP contribution is 2.31. The smallest absolute Gasteiger partial charge is 0.204 e. The summed E-state index contributed by atoms with van der Waals surface area (Å²) in [6.07, 6.45) is 0. The van der Waals surface area contributed by atoms with Crippen LogP contribution in [-0.4, -0.2) is 17.5 Å². The summed E-state index contributed by atoms with van der Waals surface area (Å²) < 4.78 is 10.9. The number of ether oxygens (including phenoxy) is 1. The fraction of sp³-hybridized carbons (Fsp3) is 0.125. The molecule has 6 heteroatoms. The third-order valence-corrected chi connectivity index (χ3v) is 3.37. The Kier molecular flexibility index (Phi) is 3.50. The molecule has 2 aromatic carbocycles. The fourth-order valence-corrected chi connectivity index (χ4v) is 2.35. The standard InChI is InChI=1S/C16H11ClO5/c1-8(18)7-21-10-5-12(19)15-14(6-10)22-13-3-2-9(17)4-11(13)16(15)20/h2-6,19H,7H2,1H3. The Labute approximate surface area is 129 Å². The van der Waals surface area contributed by atoms with Crippen LogP contribution < -0.4 is 10.2 Å². The van der Waals surface area contributed by atoms with Crippen LogP contribution in [0.25, 0.3) is 21.9 Å². The molecule has 0 saturated heterocycles. The van der Waals surface area contributed by atoms with Crippen LogP contribution in [0.3, 0.4) is 0 Å². The molecule has 0 aliphatic heterocycles. The highest BCUT2D eigenvalue weighted by molar-refractivity contribution is 6.31. The Morgan fingerprint density at radius 3 is 2.77 bits per heavy atom. The molecule has 0 fully saturated rings. The van der Waals surface area contributed by atoms with Crippen molar-refractivity contribution in [3.63, 3.8) is 0 Å². The number of carbonyl (C=O) groups excluding carboxylic acids is 1. The molecule has 22 heavy (non-hydrogen) atoms. The normalized spacial score (nSPS) is 11.0. The number of hydrogen-bond donors (Lipinski definition) is 1. The molecule has 5 nitrogen and oxygen atoms in total. The Hall–Kier alpha value is -2.53. The molecule has 0 amide bonds. The first-order chi connectivity index (χ1) is 10.5. The summed E-state index contributed by atoms with van der Waals surface area (Å²) in [5.41, 5.74) is 0.151. The van der Waals surface area contributed by atoms with Gasteiger partial charge in [0.25, 0.3) is 0 Å². The molecular weight excluding hydrogens is 308 g/mol. The summed E-state index contributed by atoms with van der Waals surface area (Å²) in [5, 5.41) is 10.8. The Bertz CT molecular complexity index is 958. The lowest BCUT2D eigenvalue weighted by molar-refractivity contribution is -0.118. The predicted octanol–water partition coefficient (Wildman–Crippen LogP) is 3.27. The van der Waals surface area contributed by atoms with E-state index < -0.39 is 0 Å². The summed E-state index contributed by atoms with van der Waals surface area (Å²) in [6.45, 7) is 1.26. The van der Waals surface area contributed by atoms with E-state index in [0.29, 0.717) is 10.6 Å². The van der Waals surface area contributed by atoms with Crippen molar-refractivity contribution in [2.24, 2.45) is 0 Å². The molecular formula is C16H11ClO5.